The van der Waals surface area contributed by atoms with E-state index in [0.29, 0.717) is 76.5 Å². The lowest BCUT2D eigenvalue weighted by molar-refractivity contribution is 0.415. The number of ether oxygens (including phenoxy) is 2. The molecule has 0 radical (unpaired) electrons. The Morgan fingerprint density at radius 1 is 0.461 bits per heavy atom. The SMILES string of the molecule is COc1ccc2sc(/C(C#N)=c3/c4c(-c5ccc(O)cc5)n(B(c5ccccc5)c5ccccc5)/c(=C(/C#N)c5nc6cc(OC)ccc6s5)c4c(-c4ccc(O)cc4)n3B(c3ccccc3)c3ccccc3)nc2c1. The second-order valence-electron chi connectivity index (χ2n) is 18.1. The van der Waals surface area contributed by atoms with Crippen molar-refractivity contribution in [3.8, 4) is 57.7 Å². The molecular weight excluding hydrogens is 978 g/mol. The number of methoxy groups -OCH3 is 2. The smallest absolute Gasteiger partial charge is 0.328 e. The number of fused-ring (bicyclic) bond motifs is 3. The fourth-order valence-corrected chi connectivity index (χ4v) is 12.3. The van der Waals surface area contributed by atoms with Crippen molar-refractivity contribution in [3.63, 3.8) is 0 Å². The van der Waals surface area contributed by atoms with E-state index >= 15 is 0 Å². The molecule has 10 nitrogen and oxygen atoms in total. The fourth-order valence-electron chi connectivity index (χ4n) is 10.4. The number of thiazole rings is 2. The molecule has 0 saturated heterocycles. The number of rotatable bonds is 12. The van der Waals surface area contributed by atoms with E-state index < -0.39 is 13.7 Å². The van der Waals surface area contributed by atoms with Gasteiger partial charge in [0.15, 0.2) is 0 Å². The first-order chi connectivity index (χ1) is 37.3. The van der Waals surface area contributed by atoms with Crippen molar-refractivity contribution in [2.75, 3.05) is 14.2 Å². The molecule has 0 unspecified atom stereocenters. The zero-order chi connectivity index (χ0) is 51.9. The van der Waals surface area contributed by atoms with Gasteiger partial charge in [0.05, 0.1) is 45.4 Å². The maximum Gasteiger partial charge on any atom is 0.328 e. The van der Waals surface area contributed by atoms with Gasteiger partial charge in [0.25, 0.3) is 0 Å². The first-order valence-corrected chi connectivity index (χ1v) is 26.0. The molecule has 4 aromatic heterocycles. The minimum atomic E-state index is -0.597. The minimum absolute atomic E-state index is 0.0696. The summed E-state index contributed by atoms with van der Waals surface area (Å²) in [4.78, 5) is 10.5. The summed E-state index contributed by atoms with van der Waals surface area (Å²) in [6, 6.07) is 71.9. The third kappa shape index (κ3) is 8.32. The lowest BCUT2D eigenvalue weighted by atomic mass is 9.50. The molecule has 76 heavy (non-hydrogen) atoms. The second kappa shape index (κ2) is 20.0. The molecule has 0 atom stereocenters. The standard InChI is InChI=1S/C62H42B2N6O4S2/c1-73-47-31-33-53-51(35-47)67-61(75-53)49(37-65)59-55-56(58(40-25-29-46(72)30-26-40)69(59)63(41-15-7-3-8-16-41)42-17-9-4-10-18-42)60(50(38-66)62-68-52-36-48(74-2)32-34-54(52)76-62)70(57(55)39-23-27-45(71)28-24-39)64(43-19-11-5-12-20-43)44-21-13-6-14-22-44/h3-36,71-72H,1-2H3/b59-49-,60-50-. The summed E-state index contributed by atoms with van der Waals surface area (Å²) in [6.45, 7) is -1.19. The summed E-state index contributed by atoms with van der Waals surface area (Å²) in [5, 5.41) is 49.8. The Balaban J connectivity index is 1.44. The minimum Gasteiger partial charge on any atom is -0.508 e. The molecule has 0 saturated carbocycles. The first-order valence-electron chi connectivity index (χ1n) is 24.4. The predicted molar refractivity (Wildman–Crippen MR) is 309 cm³/mol. The predicted octanol–water partition coefficient (Wildman–Crippen LogP) is 9.18. The van der Waals surface area contributed by atoms with Crippen LogP contribution in [0.15, 0.2) is 206 Å². The van der Waals surface area contributed by atoms with Crippen molar-refractivity contribution in [2.45, 2.75) is 0 Å². The van der Waals surface area contributed by atoms with E-state index in [1.165, 1.54) is 22.7 Å². The molecule has 362 valence electrons. The molecule has 0 aliphatic carbocycles. The summed E-state index contributed by atoms with van der Waals surface area (Å²) in [5.74, 6) is 1.40. The van der Waals surface area contributed by atoms with Gasteiger partial charge >= 0.3 is 13.7 Å². The number of nitrogens with zero attached hydrogens (tertiary/aromatic N) is 6. The van der Waals surface area contributed by atoms with E-state index in [0.717, 1.165) is 31.3 Å². The van der Waals surface area contributed by atoms with E-state index in [9.17, 15) is 20.7 Å². The van der Waals surface area contributed by atoms with Crippen LogP contribution in [0.2, 0.25) is 0 Å². The van der Waals surface area contributed by atoms with Gasteiger partial charge in [-0.05, 0) is 83.9 Å². The Hall–Kier alpha value is -9.59. The average molecular weight is 1020 g/mol. The third-order valence-electron chi connectivity index (χ3n) is 13.7. The maximum absolute atomic E-state index is 12.2. The molecular formula is C62H42B2N6O4S2. The normalized spacial score (nSPS) is 12.1. The van der Waals surface area contributed by atoms with E-state index in [2.05, 4.69) is 69.6 Å². The molecule has 4 heterocycles. The Bertz CT molecular complexity index is 4000. The van der Waals surface area contributed by atoms with Crippen LogP contribution in [0.5, 0.6) is 23.0 Å². The zero-order valence-corrected chi connectivity index (χ0v) is 42.6. The van der Waals surface area contributed by atoms with Crippen molar-refractivity contribution in [1.29, 1.82) is 10.5 Å². The van der Waals surface area contributed by atoms with Gasteiger partial charge in [-0.1, -0.05) is 143 Å². The van der Waals surface area contributed by atoms with Crippen LogP contribution in [0.25, 0.3) is 64.9 Å². The summed E-state index contributed by atoms with van der Waals surface area (Å²) in [7, 11) is 3.23. The number of aromatic hydroxyl groups is 2. The number of phenolic OH excluding ortho intramolecular Hbond substituents is 2. The first kappa shape index (κ1) is 47.4. The lowest BCUT2D eigenvalue weighted by Crippen LogP contribution is -2.54. The molecule has 0 amide bonds. The van der Waals surface area contributed by atoms with Crippen LogP contribution in [0, 0.1) is 22.7 Å². The molecule has 0 spiro atoms. The van der Waals surface area contributed by atoms with Gasteiger partial charge in [-0.3, -0.25) is 0 Å². The van der Waals surface area contributed by atoms with Crippen molar-refractivity contribution in [3.05, 3.63) is 227 Å². The van der Waals surface area contributed by atoms with E-state index in [1.807, 2.05) is 133 Å². The molecule has 12 aromatic rings. The van der Waals surface area contributed by atoms with Gasteiger partial charge in [0.1, 0.15) is 56.3 Å². The largest absolute Gasteiger partial charge is 0.508 e. The number of hydrogen-bond donors (Lipinski definition) is 2. The number of hydrogen-bond acceptors (Lipinski definition) is 10. The van der Waals surface area contributed by atoms with Gasteiger partial charge in [0.2, 0.25) is 0 Å². The lowest BCUT2D eigenvalue weighted by Gasteiger charge is -2.24. The molecule has 0 bridgehead atoms. The summed E-state index contributed by atoms with van der Waals surface area (Å²) in [5.41, 5.74) is 8.36. The zero-order valence-electron chi connectivity index (χ0n) is 41.0. The Morgan fingerprint density at radius 2 is 0.789 bits per heavy atom. The van der Waals surface area contributed by atoms with Crippen molar-refractivity contribution in [2.24, 2.45) is 0 Å². The van der Waals surface area contributed by atoms with Gasteiger partial charge in [-0.25, -0.2) is 9.97 Å². The molecule has 12 rings (SSSR count). The topological polar surface area (TPSA) is 142 Å². The van der Waals surface area contributed by atoms with Crippen molar-refractivity contribution >= 4 is 101 Å². The molecule has 2 N–H and O–H groups in total. The fraction of sp³-hybridized carbons (Fsp3) is 0.0323. The summed E-state index contributed by atoms with van der Waals surface area (Å²) < 4.78 is 17.5. The summed E-state index contributed by atoms with van der Waals surface area (Å²) >= 11 is 2.82. The van der Waals surface area contributed by atoms with Crippen LogP contribution in [0.1, 0.15) is 10.0 Å². The number of benzene rings is 8. The van der Waals surface area contributed by atoms with E-state index in [-0.39, 0.29) is 22.6 Å². The Morgan fingerprint density at radius 3 is 1.09 bits per heavy atom. The van der Waals surface area contributed by atoms with Crippen LogP contribution >= 0.6 is 22.7 Å². The van der Waals surface area contributed by atoms with E-state index in [1.54, 1.807) is 38.5 Å². The average Bonchev–Trinajstić information content (AvgIpc) is 4.32. The van der Waals surface area contributed by atoms with Crippen LogP contribution in [-0.4, -0.2) is 57.1 Å². The van der Waals surface area contributed by atoms with Gasteiger partial charge in [0, 0.05) is 34.3 Å². The Labute approximate surface area is 446 Å². The highest BCUT2D eigenvalue weighted by Gasteiger charge is 2.37. The third-order valence-corrected chi connectivity index (χ3v) is 15.8. The van der Waals surface area contributed by atoms with Crippen LogP contribution < -0.4 is 42.0 Å². The Kier molecular flexibility index (Phi) is 12.5. The van der Waals surface area contributed by atoms with Crippen LogP contribution in [0.3, 0.4) is 0 Å². The van der Waals surface area contributed by atoms with Crippen LogP contribution in [0.4, 0.5) is 0 Å². The van der Waals surface area contributed by atoms with Gasteiger partial charge in [-0.2, -0.15) is 10.5 Å². The van der Waals surface area contributed by atoms with Crippen LogP contribution in [-0.2, 0) is 0 Å². The summed E-state index contributed by atoms with van der Waals surface area (Å²) in [6.07, 6.45) is 0. The highest BCUT2D eigenvalue weighted by molar-refractivity contribution is 7.20. The second-order valence-corrected chi connectivity index (χ2v) is 20.2. The quantitative estimate of drug-likeness (QED) is 0.116. The maximum atomic E-state index is 12.2. The number of nitriles is 2. The van der Waals surface area contributed by atoms with Gasteiger partial charge in [-0.15, -0.1) is 22.7 Å². The highest BCUT2D eigenvalue weighted by Crippen LogP contribution is 2.39. The molecule has 14 heteroatoms. The number of aromatic nitrogens is 4. The highest BCUT2D eigenvalue weighted by atomic mass is 32.1. The molecule has 0 aliphatic rings. The molecule has 0 fully saturated rings. The van der Waals surface area contributed by atoms with Crippen molar-refractivity contribution in [1.82, 2.24) is 18.9 Å². The van der Waals surface area contributed by atoms with Crippen molar-refractivity contribution < 1.29 is 19.7 Å². The molecule has 0 aliphatic heterocycles. The van der Waals surface area contributed by atoms with Gasteiger partial charge < -0.3 is 28.6 Å². The molecule has 8 aromatic carbocycles. The van der Waals surface area contributed by atoms with E-state index in [4.69, 9.17) is 19.4 Å². The number of phenols is 2. The monoisotopic (exact) mass is 1020 g/mol.